The SMILES string of the molecule is C#CCOc1cc2c(OCC3CCC(=O)N3)nccc2cc1C(N)=O. The Morgan fingerprint density at radius 3 is 2.96 bits per heavy atom. The van der Waals surface area contributed by atoms with Gasteiger partial charge in [0.05, 0.1) is 11.6 Å². The first-order valence-electron chi connectivity index (χ1n) is 7.79. The third kappa shape index (κ3) is 3.63. The molecule has 0 spiro atoms. The number of terminal acetylenes is 1. The maximum Gasteiger partial charge on any atom is 0.252 e. The number of hydrogen-bond acceptors (Lipinski definition) is 5. The van der Waals surface area contributed by atoms with Crippen LogP contribution in [0.1, 0.15) is 23.2 Å². The van der Waals surface area contributed by atoms with E-state index in [0.29, 0.717) is 24.3 Å². The van der Waals surface area contributed by atoms with Crippen LogP contribution in [0.25, 0.3) is 10.8 Å². The van der Waals surface area contributed by atoms with Crippen molar-refractivity contribution < 1.29 is 19.1 Å². The van der Waals surface area contributed by atoms with Gasteiger partial charge in [-0.15, -0.1) is 6.42 Å². The lowest BCUT2D eigenvalue weighted by Gasteiger charge is -2.14. The molecule has 0 bridgehead atoms. The lowest BCUT2D eigenvalue weighted by atomic mass is 10.1. The fourth-order valence-corrected chi connectivity index (χ4v) is 2.70. The Morgan fingerprint density at radius 2 is 2.28 bits per heavy atom. The first-order valence-corrected chi connectivity index (χ1v) is 7.79. The van der Waals surface area contributed by atoms with Gasteiger partial charge in [0, 0.05) is 18.0 Å². The van der Waals surface area contributed by atoms with Crippen LogP contribution in [-0.2, 0) is 4.79 Å². The summed E-state index contributed by atoms with van der Waals surface area (Å²) in [6.07, 6.45) is 8.02. The average molecular weight is 339 g/mol. The first-order chi connectivity index (χ1) is 12.1. The van der Waals surface area contributed by atoms with Gasteiger partial charge in [0.1, 0.15) is 19.0 Å². The number of amides is 2. The Balaban J connectivity index is 1.92. The molecular weight excluding hydrogens is 322 g/mol. The second-order valence-electron chi connectivity index (χ2n) is 5.66. The molecule has 0 radical (unpaired) electrons. The van der Waals surface area contributed by atoms with Gasteiger partial charge in [0.15, 0.2) is 0 Å². The van der Waals surface area contributed by atoms with E-state index in [2.05, 4.69) is 16.2 Å². The van der Waals surface area contributed by atoms with Crippen molar-refractivity contribution in [3.05, 3.63) is 30.0 Å². The predicted molar refractivity (Wildman–Crippen MR) is 91.2 cm³/mol. The number of aromatic nitrogens is 1. The van der Waals surface area contributed by atoms with Crippen LogP contribution in [0, 0.1) is 12.3 Å². The number of nitrogens with one attached hydrogen (secondary N) is 1. The minimum atomic E-state index is -0.609. The van der Waals surface area contributed by atoms with E-state index in [4.69, 9.17) is 21.6 Å². The van der Waals surface area contributed by atoms with E-state index in [9.17, 15) is 9.59 Å². The van der Waals surface area contributed by atoms with E-state index in [0.717, 1.165) is 11.8 Å². The van der Waals surface area contributed by atoms with Crippen molar-refractivity contribution in [2.45, 2.75) is 18.9 Å². The van der Waals surface area contributed by atoms with Crippen LogP contribution in [0.2, 0.25) is 0 Å². The molecule has 1 aromatic carbocycles. The number of carbonyl (C=O) groups excluding carboxylic acids is 2. The number of nitrogens with zero attached hydrogens (tertiary/aromatic N) is 1. The molecular formula is C18H17N3O4. The predicted octanol–water partition coefficient (Wildman–Crippen LogP) is 1.00. The number of carbonyl (C=O) groups is 2. The van der Waals surface area contributed by atoms with Crippen molar-refractivity contribution in [1.29, 1.82) is 0 Å². The molecule has 2 amide bonds. The lowest BCUT2D eigenvalue weighted by Crippen LogP contribution is -2.31. The van der Waals surface area contributed by atoms with Crippen LogP contribution >= 0.6 is 0 Å². The summed E-state index contributed by atoms with van der Waals surface area (Å²) in [5.41, 5.74) is 5.65. The van der Waals surface area contributed by atoms with Crippen LogP contribution in [0.15, 0.2) is 24.4 Å². The molecule has 1 aromatic heterocycles. The monoisotopic (exact) mass is 339 g/mol. The average Bonchev–Trinajstić information content (AvgIpc) is 3.02. The lowest BCUT2D eigenvalue weighted by molar-refractivity contribution is -0.119. The highest BCUT2D eigenvalue weighted by Crippen LogP contribution is 2.31. The van der Waals surface area contributed by atoms with Gasteiger partial charge in [-0.05, 0) is 30.0 Å². The second kappa shape index (κ2) is 7.09. The summed E-state index contributed by atoms with van der Waals surface area (Å²) in [6, 6.07) is 4.97. The molecule has 0 saturated carbocycles. The highest BCUT2D eigenvalue weighted by Gasteiger charge is 2.22. The van der Waals surface area contributed by atoms with Crippen LogP contribution < -0.4 is 20.5 Å². The molecule has 2 aromatic rings. The summed E-state index contributed by atoms with van der Waals surface area (Å²) in [5.74, 6) is 2.44. The molecule has 1 saturated heterocycles. The minimum Gasteiger partial charge on any atom is -0.480 e. The van der Waals surface area contributed by atoms with E-state index < -0.39 is 5.91 Å². The molecule has 128 valence electrons. The van der Waals surface area contributed by atoms with Gasteiger partial charge in [0.2, 0.25) is 11.8 Å². The van der Waals surface area contributed by atoms with Crippen molar-refractivity contribution in [1.82, 2.24) is 10.3 Å². The third-order valence-electron chi connectivity index (χ3n) is 3.91. The van der Waals surface area contributed by atoms with Crippen LogP contribution in [-0.4, -0.2) is 36.1 Å². The fourth-order valence-electron chi connectivity index (χ4n) is 2.70. The molecule has 1 aliphatic heterocycles. The normalized spacial score (nSPS) is 16.3. The Morgan fingerprint density at radius 1 is 1.44 bits per heavy atom. The summed E-state index contributed by atoms with van der Waals surface area (Å²) < 4.78 is 11.2. The molecule has 3 N–H and O–H groups in total. The molecule has 1 unspecified atom stereocenters. The van der Waals surface area contributed by atoms with Crippen LogP contribution in [0.4, 0.5) is 0 Å². The molecule has 2 heterocycles. The maximum atomic E-state index is 11.6. The molecule has 0 aliphatic carbocycles. The molecule has 7 nitrogen and oxygen atoms in total. The van der Waals surface area contributed by atoms with Crippen molar-refractivity contribution in [2.75, 3.05) is 13.2 Å². The van der Waals surface area contributed by atoms with Crippen LogP contribution in [0.3, 0.4) is 0 Å². The summed E-state index contributed by atoms with van der Waals surface area (Å²) in [6.45, 7) is 0.326. The fraction of sp³-hybridized carbons (Fsp3) is 0.278. The molecule has 7 heteroatoms. The second-order valence-corrected chi connectivity index (χ2v) is 5.66. The zero-order valence-corrected chi connectivity index (χ0v) is 13.5. The minimum absolute atomic E-state index is 0.0103. The highest BCUT2D eigenvalue weighted by molar-refractivity contribution is 6.01. The zero-order chi connectivity index (χ0) is 17.8. The maximum absolute atomic E-state index is 11.6. The number of hydrogen-bond donors (Lipinski definition) is 2. The number of benzene rings is 1. The van der Waals surface area contributed by atoms with Gasteiger partial charge in [-0.25, -0.2) is 4.98 Å². The third-order valence-corrected chi connectivity index (χ3v) is 3.91. The van der Waals surface area contributed by atoms with E-state index in [1.165, 1.54) is 0 Å². The van der Waals surface area contributed by atoms with Crippen molar-refractivity contribution in [3.8, 4) is 24.0 Å². The number of rotatable bonds is 6. The van der Waals surface area contributed by atoms with Gasteiger partial charge >= 0.3 is 0 Å². The summed E-state index contributed by atoms with van der Waals surface area (Å²) in [4.78, 5) is 27.1. The van der Waals surface area contributed by atoms with Crippen molar-refractivity contribution >= 4 is 22.6 Å². The number of fused-ring (bicyclic) bond motifs is 1. The smallest absolute Gasteiger partial charge is 0.252 e. The highest BCUT2D eigenvalue weighted by atomic mass is 16.5. The first kappa shape index (κ1) is 16.6. The Bertz CT molecular complexity index is 872. The van der Waals surface area contributed by atoms with Gasteiger partial charge in [-0.3, -0.25) is 9.59 Å². The topological polar surface area (TPSA) is 104 Å². The van der Waals surface area contributed by atoms with E-state index >= 15 is 0 Å². The Kier molecular flexibility index (Phi) is 4.70. The van der Waals surface area contributed by atoms with Crippen molar-refractivity contribution in [2.24, 2.45) is 5.73 Å². The number of primary amides is 1. The van der Waals surface area contributed by atoms with Gasteiger partial charge in [-0.1, -0.05) is 5.92 Å². The molecule has 1 atom stereocenters. The molecule has 3 rings (SSSR count). The number of nitrogens with two attached hydrogens (primary N) is 1. The largest absolute Gasteiger partial charge is 0.480 e. The van der Waals surface area contributed by atoms with Crippen molar-refractivity contribution in [3.63, 3.8) is 0 Å². The van der Waals surface area contributed by atoms with E-state index in [-0.39, 0.29) is 29.9 Å². The standard InChI is InChI=1S/C18H17N3O4/c1-2-7-24-15-9-13-11(8-14(15)17(19)23)5-6-20-18(13)25-10-12-3-4-16(22)21-12/h1,5-6,8-9,12H,3-4,7,10H2,(H2,19,23)(H,21,22). The quantitative estimate of drug-likeness (QED) is 0.764. The van der Waals surface area contributed by atoms with E-state index in [1.807, 2.05) is 0 Å². The van der Waals surface area contributed by atoms with Crippen LogP contribution in [0.5, 0.6) is 11.6 Å². The zero-order valence-electron chi connectivity index (χ0n) is 13.5. The van der Waals surface area contributed by atoms with E-state index in [1.54, 1.807) is 24.4 Å². The molecule has 1 aliphatic rings. The van der Waals surface area contributed by atoms with Gasteiger partial charge < -0.3 is 20.5 Å². The molecule has 25 heavy (non-hydrogen) atoms. The Labute approximate surface area is 144 Å². The summed E-state index contributed by atoms with van der Waals surface area (Å²) in [5, 5.41) is 4.24. The summed E-state index contributed by atoms with van der Waals surface area (Å²) >= 11 is 0. The van der Waals surface area contributed by atoms with Gasteiger partial charge in [0.25, 0.3) is 5.91 Å². The number of ether oxygens (including phenoxy) is 2. The number of pyridine rings is 1. The Hall–Kier alpha value is -3.27. The molecule has 1 fully saturated rings. The summed E-state index contributed by atoms with van der Waals surface area (Å²) in [7, 11) is 0. The van der Waals surface area contributed by atoms with Gasteiger partial charge in [-0.2, -0.15) is 0 Å².